The summed E-state index contributed by atoms with van der Waals surface area (Å²) in [4.78, 5) is 10.6. The first-order valence-electron chi connectivity index (χ1n) is 3.49. The molecule has 6 heteroatoms. The number of rotatable bonds is 3. The maximum atomic E-state index is 11.9. The summed E-state index contributed by atoms with van der Waals surface area (Å²) in [6.45, 7) is -2.95. The van der Waals surface area contributed by atoms with Crippen molar-refractivity contribution in [3.05, 3.63) is 27.3 Å². The largest absolute Gasteiger partial charge is 0.478 e. The van der Waals surface area contributed by atoms with Gasteiger partial charge in [0.1, 0.15) is 5.75 Å². The highest BCUT2D eigenvalue weighted by atomic mass is 127. The van der Waals surface area contributed by atoms with Gasteiger partial charge in [-0.05, 0) is 34.7 Å². The molecule has 1 rings (SSSR count). The maximum absolute atomic E-state index is 11.9. The Morgan fingerprint density at radius 1 is 1.50 bits per heavy atom. The molecule has 0 bridgehead atoms. The van der Waals surface area contributed by atoms with E-state index in [1.165, 1.54) is 18.2 Å². The molecule has 0 heterocycles. The standard InChI is InChI=1S/C8H5F2IO3/c9-8(10)14-5-3-1-2-4(6(5)11)7(12)13/h1-3,8H,(H,12,13). The molecule has 0 aromatic heterocycles. The second-order valence-electron chi connectivity index (χ2n) is 2.30. The van der Waals surface area contributed by atoms with Crippen molar-refractivity contribution in [3.8, 4) is 5.75 Å². The molecule has 1 aromatic carbocycles. The van der Waals surface area contributed by atoms with Gasteiger partial charge >= 0.3 is 12.6 Å². The zero-order valence-corrected chi connectivity index (χ0v) is 8.86. The molecule has 0 unspecified atom stereocenters. The third-order valence-corrected chi connectivity index (χ3v) is 2.52. The number of alkyl halides is 2. The van der Waals surface area contributed by atoms with Gasteiger partial charge in [0.2, 0.25) is 0 Å². The molecule has 0 aliphatic heterocycles. The van der Waals surface area contributed by atoms with Crippen LogP contribution in [-0.4, -0.2) is 17.7 Å². The molecule has 0 spiro atoms. The number of carboxylic acid groups (broad SMARTS) is 1. The Balaban J connectivity index is 3.07. The fraction of sp³-hybridized carbons (Fsp3) is 0.125. The molecule has 0 saturated carbocycles. The van der Waals surface area contributed by atoms with Crippen molar-refractivity contribution in [3.63, 3.8) is 0 Å². The van der Waals surface area contributed by atoms with E-state index in [0.29, 0.717) is 0 Å². The molecule has 0 saturated heterocycles. The van der Waals surface area contributed by atoms with Gasteiger partial charge in [-0.15, -0.1) is 0 Å². The van der Waals surface area contributed by atoms with Gasteiger partial charge in [0.25, 0.3) is 0 Å². The van der Waals surface area contributed by atoms with Crippen LogP contribution in [0.3, 0.4) is 0 Å². The van der Waals surface area contributed by atoms with E-state index < -0.39 is 12.6 Å². The average Bonchev–Trinajstić information content (AvgIpc) is 2.07. The predicted molar refractivity (Wildman–Crippen MR) is 52.8 cm³/mol. The van der Waals surface area contributed by atoms with E-state index in [-0.39, 0.29) is 14.9 Å². The van der Waals surface area contributed by atoms with Crippen LogP contribution < -0.4 is 4.74 Å². The number of carbonyl (C=O) groups is 1. The van der Waals surface area contributed by atoms with Gasteiger partial charge < -0.3 is 9.84 Å². The van der Waals surface area contributed by atoms with Crippen LogP contribution in [0.15, 0.2) is 18.2 Å². The summed E-state index contributed by atoms with van der Waals surface area (Å²) in [5.41, 5.74) is -0.0521. The summed E-state index contributed by atoms with van der Waals surface area (Å²) in [6.07, 6.45) is 0. The lowest BCUT2D eigenvalue weighted by atomic mass is 10.2. The summed E-state index contributed by atoms with van der Waals surface area (Å²) in [5.74, 6) is -1.30. The molecular weight excluding hydrogens is 309 g/mol. The molecule has 0 fully saturated rings. The zero-order valence-electron chi connectivity index (χ0n) is 6.71. The van der Waals surface area contributed by atoms with Crippen LogP contribution in [0.25, 0.3) is 0 Å². The Kier molecular flexibility index (Phi) is 3.62. The topological polar surface area (TPSA) is 46.5 Å². The molecule has 76 valence electrons. The number of benzene rings is 1. The first kappa shape index (κ1) is 11.2. The van der Waals surface area contributed by atoms with E-state index in [1.807, 2.05) is 0 Å². The van der Waals surface area contributed by atoms with Crippen molar-refractivity contribution < 1.29 is 23.4 Å². The summed E-state index contributed by atoms with van der Waals surface area (Å²) < 4.78 is 28.0. The summed E-state index contributed by atoms with van der Waals surface area (Å²) in [7, 11) is 0. The molecule has 1 N–H and O–H groups in total. The smallest absolute Gasteiger partial charge is 0.387 e. The molecule has 0 aliphatic rings. The first-order valence-corrected chi connectivity index (χ1v) is 4.57. The Labute approximate surface area is 91.8 Å². The minimum atomic E-state index is -2.95. The third kappa shape index (κ3) is 2.53. The second-order valence-corrected chi connectivity index (χ2v) is 3.38. The van der Waals surface area contributed by atoms with Crippen LogP contribution in [0.1, 0.15) is 10.4 Å². The maximum Gasteiger partial charge on any atom is 0.387 e. The number of ether oxygens (including phenoxy) is 1. The van der Waals surface area contributed by atoms with Crippen LogP contribution in [0, 0.1) is 3.57 Å². The van der Waals surface area contributed by atoms with E-state index in [1.54, 1.807) is 22.6 Å². The van der Waals surface area contributed by atoms with Crippen molar-refractivity contribution in [2.45, 2.75) is 6.61 Å². The minimum absolute atomic E-state index is 0.0521. The number of aromatic carboxylic acids is 1. The number of halogens is 3. The Morgan fingerprint density at radius 2 is 2.14 bits per heavy atom. The fourth-order valence-electron chi connectivity index (χ4n) is 0.863. The highest BCUT2D eigenvalue weighted by molar-refractivity contribution is 14.1. The number of hydrogen-bond donors (Lipinski definition) is 1. The molecule has 0 atom stereocenters. The molecule has 1 aromatic rings. The van der Waals surface area contributed by atoms with Crippen LogP contribution in [0.2, 0.25) is 0 Å². The van der Waals surface area contributed by atoms with Crippen molar-refractivity contribution in [2.75, 3.05) is 0 Å². The van der Waals surface area contributed by atoms with E-state index in [0.717, 1.165) is 0 Å². The highest BCUT2D eigenvalue weighted by Crippen LogP contribution is 2.25. The molecule has 3 nitrogen and oxygen atoms in total. The van der Waals surface area contributed by atoms with Crippen molar-refractivity contribution in [1.82, 2.24) is 0 Å². The normalized spacial score (nSPS) is 10.3. The lowest BCUT2D eigenvalue weighted by Crippen LogP contribution is -2.06. The van der Waals surface area contributed by atoms with Crippen LogP contribution in [0.5, 0.6) is 5.75 Å². The van der Waals surface area contributed by atoms with E-state index in [9.17, 15) is 13.6 Å². The van der Waals surface area contributed by atoms with Crippen LogP contribution in [0.4, 0.5) is 8.78 Å². The first-order chi connectivity index (χ1) is 6.52. The summed E-state index contributed by atoms with van der Waals surface area (Å²) in [6, 6.07) is 3.96. The van der Waals surface area contributed by atoms with Crippen molar-refractivity contribution in [1.29, 1.82) is 0 Å². The van der Waals surface area contributed by atoms with Crippen molar-refractivity contribution >= 4 is 28.6 Å². The van der Waals surface area contributed by atoms with Gasteiger partial charge in [-0.25, -0.2) is 4.79 Å². The minimum Gasteiger partial charge on any atom is -0.478 e. The summed E-state index contributed by atoms with van der Waals surface area (Å²) in [5, 5.41) is 8.68. The van der Waals surface area contributed by atoms with Gasteiger partial charge in [-0.2, -0.15) is 8.78 Å². The Hall–Kier alpha value is -0.920. The summed E-state index contributed by atoms with van der Waals surface area (Å²) >= 11 is 1.65. The van der Waals surface area contributed by atoms with E-state index in [4.69, 9.17) is 5.11 Å². The van der Waals surface area contributed by atoms with Crippen molar-refractivity contribution in [2.24, 2.45) is 0 Å². The molecule has 0 aliphatic carbocycles. The number of hydrogen-bond acceptors (Lipinski definition) is 2. The lowest BCUT2D eigenvalue weighted by molar-refractivity contribution is -0.0505. The quantitative estimate of drug-likeness (QED) is 0.873. The zero-order chi connectivity index (χ0) is 10.7. The molecule has 0 amide bonds. The number of carboxylic acids is 1. The Bertz CT molecular complexity index is 354. The molecule has 14 heavy (non-hydrogen) atoms. The molecular formula is C8H5F2IO3. The third-order valence-electron chi connectivity index (χ3n) is 1.41. The molecule has 0 radical (unpaired) electrons. The average molecular weight is 314 g/mol. The highest BCUT2D eigenvalue weighted by Gasteiger charge is 2.14. The van der Waals surface area contributed by atoms with Gasteiger partial charge in [-0.1, -0.05) is 6.07 Å². The Morgan fingerprint density at radius 3 is 2.64 bits per heavy atom. The van der Waals surface area contributed by atoms with Gasteiger partial charge in [0.05, 0.1) is 9.13 Å². The predicted octanol–water partition coefficient (Wildman–Crippen LogP) is 2.59. The van der Waals surface area contributed by atoms with Gasteiger partial charge in [0.15, 0.2) is 0 Å². The second kappa shape index (κ2) is 4.54. The SMILES string of the molecule is O=C(O)c1cccc(OC(F)F)c1I. The van der Waals surface area contributed by atoms with Gasteiger partial charge in [0, 0.05) is 0 Å². The fourth-order valence-corrected chi connectivity index (χ4v) is 1.58. The monoisotopic (exact) mass is 314 g/mol. The van der Waals surface area contributed by atoms with Crippen LogP contribution >= 0.6 is 22.6 Å². The van der Waals surface area contributed by atoms with E-state index in [2.05, 4.69) is 4.74 Å². The van der Waals surface area contributed by atoms with E-state index >= 15 is 0 Å². The lowest BCUT2D eigenvalue weighted by Gasteiger charge is -2.07. The van der Waals surface area contributed by atoms with Gasteiger partial charge in [-0.3, -0.25) is 0 Å². The van der Waals surface area contributed by atoms with Crippen LogP contribution in [-0.2, 0) is 0 Å².